The van der Waals surface area contributed by atoms with Crippen LogP contribution in [-0.4, -0.2) is 24.7 Å². The van der Waals surface area contributed by atoms with Gasteiger partial charge in [0, 0.05) is 30.8 Å². The van der Waals surface area contributed by atoms with Crippen LogP contribution in [0.5, 0.6) is 0 Å². The van der Waals surface area contributed by atoms with Crippen molar-refractivity contribution in [1.82, 2.24) is 10.3 Å². The lowest BCUT2D eigenvalue weighted by atomic mass is 10.4. The Bertz CT molecular complexity index is 250. The molecule has 0 aromatic carbocycles. The molecule has 1 N–H and O–H groups in total. The normalized spacial score (nSPS) is 10.7. The van der Waals surface area contributed by atoms with Crippen LogP contribution in [0.4, 0.5) is 0 Å². The van der Waals surface area contributed by atoms with Crippen molar-refractivity contribution in [3.8, 4) is 0 Å². The molecule has 0 saturated heterocycles. The summed E-state index contributed by atoms with van der Waals surface area (Å²) in [6.07, 6.45) is 1.07. The molecule has 0 amide bonds. The fraction of sp³-hybridized carbons (Fsp3) is 0.700. The molecule has 0 fully saturated rings. The first-order chi connectivity index (χ1) is 6.83. The highest BCUT2D eigenvalue weighted by molar-refractivity contribution is 7.09. The molecular formula is C10H18N2OS. The second kappa shape index (κ2) is 6.92. The second-order valence-corrected chi connectivity index (χ2v) is 4.05. The predicted molar refractivity (Wildman–Crippen MR) is 59.7 cm³/mol. The lowest BCUT2D eigenvalue weighted by Crippen LogP contribution is -2.16. The Kier molecular flexibility index (Phi) is 5.75. The van der Waals surface area contributed by atoms with Crippen molar-refractivity contribution in [3.63, 3.8) is 0 Å². The van der Waals surface area contributed by atoms with E-state index in [9.17, 15) is 0 Å². The summed E-state index contributed by atoms with van der Waals surface area (Å²) in [5.41, 5.74) is 1.11. The highest BCUT2D eigenvalue weighted by atomic mass is 32.1. The van der Waals surface area contributed by atoms with E-state index >= 15 is 0 Å². The lowest BCUT2D eigenvalue weighted by Gasteiger charge is -2.02. The Hall–Kier alpha value is -0.450. The van der Waals surface area contributed by atoms with Crippen molar-refractivity contribution in [2.75, 3.05) is 19.8 Å². The van der Waals surface area contributed by atoms with Crippen molar-refractivity contribution in [2.24, 2.45) is 0 Å². The molecule has 0 bridgehead atoms. The van der Waals surface area contributed by atoms with Crippen molar-refractivity contribution in [3.05, 3.63) is 16.1 Å². The Morgan fingerprint density at radius 2 is 2.43 bits per heavy atom. The maximum atomic E-state index is 5.24. The Balaban J connectivity index is 1.99. The third-order valence-corrected chi connectivity index (χ3v) is 2.76. The van der Waals surface area contributed by atoms with Gasteiger partial charge in [0.25, 0.3) is 0 Å². The summed E-state index contributed by atoms with van der Waals surface area (Å²) in [6, 6.07) is 0. The summed E-state index contributed by atoms with van der Waals surface area (Å²) in [7, 11) is 0. The number of hydrogen-bond donors (Lipinski definition) is 1. The molecule has 80 valence electrons. The second-order valence-electron chi connectivity index (χ2n) is 3.11. The minimum atomic E-state index is 0.811. The van der Waals surface area contributed by atoms with Gasteiger partial charge in [0.1, 0.15) is 5.01 Å². The smallest absolute Gasteiger partial charge is 0.107 e. The van der Waals surface area contributed by atoms with Crippen LogP contribution >= 0.6 is 11.3 Å². The van der Waals surface area contributed by atoms with Crippen molar-refractivity contribution < 1.29 is 4.74 Å². The van der Waals surface area contributed by atoms with Crippen LogP contribution in [0.15, 0.2) is 5.38 Å². The number of nitrogens with zero attached hydrogens (tertiary/aromatic N) is 1. The Morgan fingerprint density at radius 3 is 3.07 bits per heavy atom. The number of thiazole rings is 1. The number of ether oxygens (including phenoxy) is 1. The summed E-state index contributed by atoms with van der Waals surface area (Å²) in [4.78, 5) is 4.37. The van der Waals surface area contributed by atoms with Gasteiger partial charge in [-0.3, -0.25) is 0 Å². The molecular weight excluding hydrogens is 196 g/mol. The number of nitrogens with one attached hydrogen (secondary N) is 1. The van der Waals surface area contributed by atoms with E-state index in [1.165, 1.54) is 5.01 Å². The molecule has 0 atom stereocenters. The average molecular weight is 214 g/mol. The zero-order valence-corrected chi connectivity index (χ0v) is 9.69. The monoisotopic (exact) mass is 214 g/mol. The van der Waals surface area contributed by atoms with E-state index in [0.717, 1.165) is 38.4 Å². The fourth-order valence-electron chi connectivity index (χ4n) is 1.12. The average Bonchev–Trinajstić information content (AvgIpc) is 2.58. The van der Waals surface area contributed by atoms with Gasteiger partial charge in [0.05, 0.1) is 0 Å². The minimum absolute atomic E-state index is 0.811. The highest BCUT2D eigenvalue weighted by Crippen LogP contribution is 2.07. The van der Waals surface area contributed by atoms with Crippen LogP contribution in [-0.2, 0) is 11.3 Å². The van der Waals surface area contributed by atoms with Gasteiger partial charge in [-0.15, -0.1) is 11.3 Å². The first-order valence-electron chi connectivity index (χ1n) is 5.02. The Morgan fingerprint density at radius 1 is 1.57 bits per heavy atom. The summed E-state index contributed by atoms with van der Waals surface area (Å²) in [6.45, 7) is 7.58. The molecule has 1 rings (SSSR count). The molecule has 14 heavy (non-hydrogen) atoms. The van der Waals surface area contributed by atoms with Gasteiger partial charge in [-0.1, -0.05) is 0 Å². The predicted octanol–water partition coefficient (Wildman–Crippen LogP) is 1.97. The standard InChI is InChI=1S/C10H18N2OS/c1-3-13-6-4-5-11-7-10-12-9(2)8-14-10/h8,11H,3-7H2,1-2H3. The summed E-state index contributed by atoms with van der Waals surface area (Å²) >= 11 is 1.71. The van der Waals surface area contributed by atoms with Crippen LogP contribution < -0.4 is 5.32 Å². The van der Waals surface area contributed by atoms with Crippen molar-refractivity contribution in [2.45, 2.75) is 26.8 Å². The van der Waals surface area contributed by atoms with E-state index in [1.807, 2.05) is 13.8 Å². The van der Waals surface area contributed by atoms with Gasteiger partial charge < -0.3 is 10.1 Å². The molecule has 0 radical (unpaired) electrons. The molecule has 0 aliphatic rings. The summed E-state index contributed by atoms with van der Waals surface area (Å²) in [5, 5.41) is 6.59. The number of hydrogen-bond acceptors (Lipinski definition) is 4. The zero-order chi connectivity index (χ0) is 10.2. The van der Waals surface area contributed by atoms with E-state index in [2.05, 4.69) is 15.7 Å². The fourth-order valence-corrected chi connectivity index (χ4v) is 1.86. The molecule has 4 heteroatoms. The quantitative estimate of drug-likeness (QED) is 0.705. The zero-order valence-electron chi connectivity index (χ0n) is 8.88. The molecule has 1 aromatic rings. The van der Waals surface area contributed by atoms with Gasteiger partial charge in [-0.2, -0.15) is 0 Å². The molecule has 0 aliphatic carbocycles. The van der Waals surface area contributed by atoms with Crippen molar-refractivity contribution in [1.29, 1.82) is 0 Å². The van der Waals surface area contributed by atoms with E-state index < -0.39 is 0 Å². The highest BCUT2D eigenvalue weighted by Gasteiger charge is 1.96. The van der Waals surface area contributed by atoms with Crippen LogP contribution in [0.3, 0.4) is 0 Å². The van der Waals surface area contributed by atoms with Gasteiger partial charge >= 0.3 is 0 Å². The molecule has 0 saturated carbocycles. The molecule has 1 aromatic heterocycles. The molecule has 1 heterocycles. The largest absolute Gasteiger partial charge is 0.382 e. The van der Waals surface area contributed by atoms with Crippen LogP contribution in [0, 0.1) is 6.92 Å². The van der Waals surface area contributed by atoms with Crippen LogP contribution in [0.25, 0.3) is 0 Å². The first kappa shape index (κ1) is 11.6. The third kappa shape index (κ3) is 4.69. The van der Waals surface area contributed by atoms with Crippen LogP contribution in [0.1, 0.15) is 24.0 Å². The molecule has 0 spiro atoms. The van der Waals surface area contributed by atoms with Gasteiger partial charge in [0.2, 0.25) is 0 Å². The van der Waals surface area contributed by atoms with Gasteiger partial charge in [0.15, 0.2) is 0 Å². The van der Waals surface area contributed by atoms with Crippen molar-refractivity contribution >= 4 is 11.3 Å². The van der Waals surface area contributed by atoms with Gasteiger partial charge in [-0.25, -0.2) is 4.98 Å². The topological polar surface area (TPSA) is 34.1 Å². The number of aryl methyl sites for hydroxylation is 1. The van der Waals surface area contributed by atoms with Crippen LogP contribution in [0.2, 0.25) is 0 Å². The maximum absolute atomic E-state index is 5.24. The first-order valence-corrected chi connectivity index (χ1v) is 5.90. The van der Waals surface area contributed by atoms with E-state index in [-0.39, 0.29) is 0 Å². The van der Waals surface area contributed by atoms with E-state index in [1.54, 1.807) is 11.3 Å². The molecule has 0 unspecified atom stereocenters. The number of aromatic nitrogens is 1. The summed E-state index contributed by atoms with van der Waals surface area (Å²) in [5.74, 6) is 0. The summed E-state index contributed by atoms with van der Waals surface area (Å²) < 4.78 is 5.24. The number of rotatable bonds is 7. The molecule has 3 nitrogen and oxygen atoms in total. The minimum Gasteiger partial charge on any atom is -0.382 e. The van der Waals surface area contributed by atoms with E-state index in [4.69, 9.17) is 4.74 Å². The maximum Gasteiger partial charge on any atom is 0.107 e. The third-order valence-electron chi connectivity index (χ3n) is 1.79. The Labute approximate surface area is 89.5 Å². The van der Waals surface area contributed by atoms with E-state index in [0.29, 0.717) is 0 Å². The SMILES string of the molecule is CCOCCCNCc1nc(C)cs1. The lowest BCUT2D eigenvalue weighted by molar-refractivity contribution is 0.144. The van der Waals surface area contributed by atoms with Gasteiger partial charge in [-0.05, 0) is 26.8 Å². The molecule has 0 aliphatic heterocycles.